The molecule has 4 rings (SSSR count). The first-order valence-electron chi connectivity index (χ1n) is 9.77. The van der Waals surface area contributed by atoms with Crippen molar-refractivity contribution in [1.29, 1.82) is 0 Å². The molecule has 2 aliphatic rings. The van der Waals surface area contributed by atoms with Crippen LogP contribution in [0.2, 0.25) is 0 Å². The Kier molecular flexibility index (Phi) is 5.63. The summed E-state index contributed by atoms with van der Waals surface area (Å²) in [4.78, 5) is 39.2. The quantitative estimate of drug-likeness (QED) is 0.691. The number of rotatable bonds is 7. The molecule has 1 saturated carbocycles. The van der Waals surface area contributed by atoms with E-state index >= 15 is 0 Å². The average molecular weight is 423 g/mol. The first-order chi connectivity index (χ1) is 14.5. The molecule has 0 bridgehead atoms. The number of hydrogen-bond donors (Lipinski definition) is 1. The molecule has 154 valence electrons. The number of carbonyl (C=O) groups excluding carboxylic acids is 3. The summed E-state index contributed by atoms with van der Waals surface area (Å²) in [6.07, 6.45) is 3.32. The molecule has 30 heavy (non-hydrogen) atoms. The minimum atomic E-state index is -0.464. The van der Waals surface area contributed by atoms with Gasteiger partial charge >= 0.3 is 0 Å². The normalized spacial score (nSPS) is 18.6. The third kappa shape index (κ3) is 3.98. The number of ether oxygens (including phenoxy) is 1. The number of nitrogens with zero attached hydrogens (tertiary/aromatic N) is 1. The fourth-order valence-electron chi connectivity index (χ4n) is 3.52. The number of hydrogen-bond acceptors (Lipinski definition) is 5. The average Bonchev–Trinajstić information content (AvgIpc) is 3.54. The SMILES string of the molecule is COc1ccc(/C=C2\SC(=O)N(CCNC(=O)C3(c4ccccc4)CC3)C2=O)cc1. The highest BCUT2D eigenvalue weighted by Crippen LogP contribution is 2.48. The van der Waals surface area contributed by atoms with Crippen LogP contribution in [0, 0.1) is 0 Å². The number of thioether (sulfide) groups is 1. The van der Waals surface area contributed by atoms with Crippen LogP contribution in [-0.4, -0.2) is 42.2 Å². The van der Waals surface area contributed by atoms with Gasteiger partial charge in [-0.1, -0.05) is 42.5 Å². The van der Waals surface area contributed by atoms with E-state index in [0.29, 0.717) is 4.91 Å². The van der Waals surface area contributed by atoms with E-state index in [2.05, 4.69) is 5.32 Å². The van der Waals surface area contributed by atoms with Crippen LogP contribution in [0.4, 0.5) is 4.79 Å². The molecule has 1 heterocycles. The summed E-state index contributed by atoms with van der Waals surface area (Å²) in [5.41, 5.74) is 1.36. The van der Waals surface area contributed by atoms with Crippen molar-refractivity contribution in [3.8, 4) is 5.75 Å². The first-order valence-corrected chi connectivity index (χ1v) is 10.6. The molecule has 2 aromatic rings. The number of methoxy groups -OCH3 is 1. The Morgan fingerprint density at radius 3 is 2.47 bits per heavy atom. The summed E-state index contributed by atoms with van der Waals surface area (Å²) in [5.74, 6) is 0.341. The van der Waals surface area contributed by atoms with Crippen molar-refractivity contribution in [3.63, 3.8) is 0 Å². The van der Waals surface area contributed by atoms with Gasteiger partial charge in [-0.2, -0.15) is 0 Å². The van der Waals surface area contributed by atoms with Gasteiger partial charge in [-0.25, -0.2) is 0 Å². The zero-order valence-electron chi connectivity index (χ0n) is 16.6. The second-order valence-electron chi connectivity index (χ2n) is 7.31. The molecule has 1 aliphatic carbocycles. The molecule has 1 N–H and O–H groups in total. The van der Waals surface area contributed by atoms with Gasteiger partial charge in [0.2, 0.25) is 5.91 Å². The van der Waals surface area contributed by atoms with E-state index in [9.17, 15) is 14.4 Å². The molecule has 1 saturated heterocycles. The van der Waals surface area contributed by atoms with Crippen molar-refractivity contribution in [1.82, 2.24) is 10.2 Å². The van der Waals surface area contributed by atoms with Crippen molar-refractivity contribution in [2.45, 2.75) is 18.3 Å². The van der Waals surface area contributed by atoms with E-state index in [-0.39, 0.29) is 30.1 Å². The highest BCUT2D eigenvalue weighted by molar-refractivity contribution is 8.18. The Labute approximate surface area is 179 Å². The van der Waals surface area contributed by atoms with Crippen LogP contribution < -0.4 is 10.1 Å². The Balaban J connectivity index is 1.35. The molecule has 2 aromatic carbocycles. The standard InChI is InChI=1S/C23H22N2O4S/c1-29-18-9-7-16(8-10-18)15-19-20(26)25(22(28)30-19)14-13-24-21(27)23(11-12-23)17-5-3-2-4-6-17/h2-10,15H,11-14H2,1H3,(H,24,27)/b19-15-. The highest BCUT2D eigenvalue weighted by Gasteiger charge is 2.51. The summed E-state index contributed by atoms with van der Waals surface area (Å²) < 4.78 is 5.12. The lowest BCUT2D eigenvalue weighted by Crippen LogP contribution is -2.41. The van der Waals surface area contributed by atoms with Crippen molar-refractivity contribution < 1.29 is 19.1 Å². The van der Waals surface area contributed by atoms with Crippen LogP contribution in [0.15, 0.2) is 59.5 Å². The van der Waals surface area contributed by atoms with Crippen molar-refractivity contribution >= 4 is 34.9 Å². The lowest BCUT2D eigenvalue weighted by atomic mass is 9.95. The molecular formula is C23H22N2O4S. The van der Waals surface area contributed by atoms with Crippen molar-refractivity contribution in [3.05, 3.63) is 70.6 Å². The predicted molar refractivity (Wildman–Crippen MR) is 116 cm³/mol. The number of carbonyl (C=O) groups is 3. The first kappa shape index (κ1) is 20.2. The lowest BCUT2D eigenvalue weighted by Gasteiger charge is -2.17. The third-order valence-corrected chi connectivity index (χ3v) is 6.33. The largest absolute Gasteiger partial charge is 0.497 e. The smallest absolute Gasteiger partial charge is 0.293 e. The Morgan fingerprint density at radius 1 is 1.13 bits per heavy atom. The third-order valence-electron chi connectivity index (χ3n) is 5.42. The minimum absolute atomic E-state index is 0.0468. The van der Waals surface area contributed by atoms with Gasteiger partial charge in [0.1, 0.15) is 5.75 Å². The van der Waals surface area contributed by atoms with Crippen LogP contribution in [-0.2, 0) is 15.0 Å². The summed E-state index contributed by atoms with van der Waals surface area (Å²) in [6, 6.07) is 17.0. The number of benzene rings is 2. The Hall–Kier alpha value is -3.06. The van der Waals surface area contributed by atoms with Crippen LogP contribution in [0.3, 0.4) is 0 Å². The number of imide groups is 1. The maximum Gasteiger partial charge on any atom is 0.293 e. The van der Waals surface area contributed by atoms with Crippen LogP contribution in [0.5, 0.6) is 5.75 Å². The molecular weight excluding hydrogens is 400 g/mol. The van der Waals surface area contributed by atoms with Crippen LogP contribution in [0.1, 0.15) is 24.0 Å². The van der Waals surface area contributed by atoms with Crippen molar-refractivity contribution in [2.24, 2.45) is 0 Å². The summed E-state index contributed by atoms with van der Waals surface area (Å²) in [6.45, 7) is 0.391. The molecule has 0 atom stereocenters. The fourth-order valence-corrected chi connectivity index (χ4v) is 4.39. The summed E-state index contributed by atoms with van der Waals surface area (Å²) in [7, 11) is 1.59. The van der Waals surface area contributed by atoms with Gasteiger partial charge in [-0.05, 0) is 53.9 Å². The molecule has 2 fully saturated rings. The molecule has 0 spiro atoms. The molecule has 7 heteroatoms. The van der Waals surface area contributed by atoms with E-state index in [0.717, 1.165) is 41.5 Å². The van der Waals surface area contributed by atoms with Crippen molar-refractivity contribution in [2.75, 3.05) is 20.2 Å². The Bertz CT molecular complexity index is 998. The molecule has 6 nitrogen and oxygen atoms in total. The molecule has 3 amide bonds. The van der Waals surface area contributed by atoms with Gasteiger partial charge in [-0.3, -0.25) is 19.3 Å². The summed E-state index contributed by atoms with van der Waals surface area (Å²) >= 11 is 0.915. The zero-order valence-corrected chi connectivity index (χ0v) is 17.4. The van der Waals surface area contributed by atoms with E-state index in [4.69, 9.17) is 4.74 Å². The zero-order chi connectivity index (χ0) is 21.1. The lowest BCUT2D eigenvalue weighted by molar-refractivity contribution is -0.125. The minimum Gasteiger partial charge on any atom is -0.497 e. The molecule has 1 aliphatic heterocycles. The van der Waals surface area contributed by atoms with Crippen LogP contribution in [0.25, 0.3) is 6.08 Å². The number of amides is 3. The second-order valence-corrected chi connectivity index (χ2v) is 8.30. The Morgan fingerprint density at radius 2 is 1.83 bits per heavy atom. The predicted octanol–water partition coefficient (Wildman–Crippen LogP) is 3.58. The molecule has 0 unspecified atom stereocenters. The van der Waals surface area contributed by atoms with E-state index in [1.807, 2.05) is 42.5 Å². The topological polar surface area (TPSA) is 75.7 Å². The monoisotopic (exact) mass is 422 g/mol. The molecule has 0 aromatic heterocycles. The van der Waals surface area contributed by atoms with Gasteiger partial charge < -0.3 is 10.1 Å². The fraction of sp³-hybridized carbons (Fsp3) is 0.261. The van der Waals surface area contributed by atoms with Gasteiger partial charge in [0.25, 0.3) is 11.1 Å². The maximum atomic E-state index is 12.7. The van der Waals surface area contributed by atoms with E-state index < -0.39 is 5.41 Å². The molecule has 0 radical (unpaired) electrons. The number of nitrogens with one attached hydrogen (secondary N) is 1. The summed E-state index contributed by atoms with van der Waals surface area (Å²) in [5, 5.41) is 2.58. The van der Waals surface area contributed by atoms with E-state index in [1.165, 1.54) is 4.90 Å². The van der Waals surface area contributed by atoms with Gasteiger partial charge in [-0.15, -0.1) is 0 Å². The van der Waals surface area contributed by atoms with E-state index in [1.54, 1.807) is 25.3 Å². The van der Waals surface area contributed by atoms with Gasteiger partial charge in [0.15, 0.2) is 0 Å². The maximum absolute atomic E-state index is 12.7. The van der Waals surface area contributed by atoms with Crippen LogP contribution >= 0.6 is 11.8 Å². The highest BCUT2D eigenvalue weighted by atomic mass is 32.2. The van der Waals surface area contributed by atoms with Gasteiger partial charge in [0.05, 0.1) is 17.4 Å². The van der Waals surface area contributed by atoms with Gasteiger partial charge in [0, 0.05) is 13.1 Å². The second kappa shape index (κ2) is 8.36.